The maximum absolute atomic E-state index is 5.91. The summed E-state index contributed by atoms with van der Waals surface area (Å²) in [6, 6.07) is 31.3. The molecule has 6 nitrogen and oxygen atoms in total. The second-order valence-corrected chi connectivity index (χ2v) is 7.86. The Morgan fingerprint density at radius 2 is 0.944 bits per heavy atom. The van der Waals surface area contributed by atoms with Crippen LogP contribution in [0.2, 0.25) is 0 Å². The van der Waals surface area contributed by atoms with Gasteiger partial charge in [-0.3, -0.25) is 0 Å². The van der Waals surface area contributed by atoms with Crippen molar-refractivity contribution in [2.75, 3.05) is 14.2 Å². The largest absolute Gasteiger partial charge is 0.493 e. The van der Waals surface area contributed by atoms with Crippen LogP contribution in [0.4, 0.5) is 0 Å². The molecule has 0 fully saturated rings. The fourth-order valence-electron chi connectivity index (χ4n) is 3.44. The lowest BCUT2D eigenvalue weighted by molar-refractivity contribution is 0.284. The number of ether oxygens (including phenoxy) is 4. The number of benzene rings is 4. The SMILES string of the molecule is COc1cc(C=N/N=C/c2ccc(OCc3ccccc3)c(OC)c2)ccc1OCc1ccccc1. The van der Waals surface area contributed by atoms with Gasteiger partial charge in [0.05, 0.1) is 26.6 Å². The van der Waals surface area contributed by atoms with Crippen molar-refractivity contribution in [3.05, 3.63) is 119 Å². The smallest absolute Gasteiger partial charge is 0.161 e. The maximum Gasteiger partial charge on any atom is 0.161 e. The summed E-state index contributed by atoms with van der Waals surface area (Å²) in [6.07, 6.45) is 3.32. The van der Waals surface area contributed by atoms with Gasteiger partial charge in [-0.05, 0) is 58.7 Å². The van der Waals surface area contributed by atoms with Crippen molar-refractivity contribution in [3.63, 3.8) is 0 Å². The van der Waals surface area contributed by atoms with E-state index in [-0.39, 0.29) is 0 Å². The van der Waals surface area contributed by atoms with E-state index in [4.69, 9.17) is 18.9 Å². The van der Waals surface area contributed by atoms with Crippen molar-refractivity contribution in [1.29, 1.82) is 0 Å². The van der Waals surface area contributed by atoms with Gasteiger partial charge >= 0.3 is 0 Å². The molecule has 36 heavy (non-hydrogen) atoms. The lowest BCUT2D eigenvalue weighted by Crippen LogP contribution is -1.98. The van der Waals surface area contributed by atoms with Gasteiger partial charge in [-0.15, -0.1) is 0 Å². The van der Waals surface area contributed by atoms with E-state index in [1.165, 1.54) is 0 Å². The van der Waals surface area contributed by atoms with Gasteiger partial charge in [0, 0.05) is 0 Å². The zero-order valence-electron chi connectivity index (χ0n) is 20.3. The highest BCUT2D eigenvalue weighted by molar-refractivity contribution is 5.84. The summed E-state index contributed by atoms with van der Waals surface area (Å²) >= 11 is 0. The summed E-state index contributed by atoms with van der Waals surface area (Å²) in [7, 11) is 3.23. The molecule has 182 valence electrons. The Morgan fingerprint density at radius 1 is 0.528 bits per heavy atom. The van der Waals surface area contributed by atoms with Crippen LogP contribution in [0.3, 0.4) is 0 Å². The van der Waals surface area contributed by atoms with Crippen molar-refractivity contribution >= 4 is 12.4 Å². The lowest BCUT2D eigenvalue weighted by atomic mass is 10.2. The predicted molar refractivity (Wildman–Crippen MR) is 143 cm³/mol. The number of rotatable bonds is 11. The average Bonchev–Trinajstić information content (AvgIpc) is 2.94. The Hall–Kier alpha value is -4.58. The summed E-state index contributed by atoms with van der Waals surface area (Å²) in [6.45, 7) is 0.933. The summed E-state index contributed by atoms with van der Waals surface area (Å²) in [5, 5.41) is 8.33. The summed E-state index contributed by atoms with van der Waals surface area (Å²) in [4.78, 5) is 0. The maximum atomic E-state index is 5.91. The first-order valence-corrected chi connectivity index (χ1v) is 11.5. The fraction of sp³-hybridized carbons (Fsp3) is 0.133. The normalized spacial score (nSPS) is 11.1. The van der Waals surface area contributed by atoms with Crippen LogP contribution in [0, 0.1) is 0 Å². The van der Waals surface area contributed by atoms with E-state index in [0.717, 1.165) is 22.3 Å². The van der Waals surface area contributed by atoms with Gasteiger partial charge in [-0.1, -0.05) is 60.7 Å². The second-order valence-electron chi connectivity index (χ2n) is 7.86. The average molecular weight is 481 g/mol. The highest BCUT2D eigenvalue weighted by Crippen LogP contribution is 2.29. The van der Waals surface area contributed by atoms with Crippen molar-refractivity contribution in [3.8, 4) is 23.0 Å². The molecule has 4 aromatic carbocycles. The van der Waals surface area contributed by atoms with Crippen LogP contribution in [0.1, 0.15) is 22.3 Å². The topological polar surface area (TPSA) is 61.6 Å². The molecule has 0 aliphatic carbocycles. The van der Waals surface area contributed by atoms with Crippen LogP contribution in [0.25, 0.3) is 0 Å². The molecule has 0 aliphatic rings. The third kappa shape index (κ3) is 6.96. The molecule has 0 unspecified atom stereocenters. The van der Waals surface area contributed by atoms with Gasteiger partial charge in [0.1, 0.15) is 13.2 Å². The van der Waals surface area contributed by atoms with E-state index in [9.17, 15) is 0 Å². The Balaban J connectivity index is 1.36. The van der Waals surface area contributed by atoms with Crippen LogP contribution in [0.5, 0.6) is 23.0 Å². The summed E-state index contributed by atoms with van der Waals surface area (Å²) in [5.74, 6) is 2.61. The number of hydrogen-bond acceptors (Lipinski definition) is 6. The summed E-state index contributed by atoms with van der Waals surface area (Å²) < 4.78 is 22.8. The van der Waals surface area contributed by atoms with E-state index in [1.807, 2.05) is 97.1 Å². The second kappa shape index (κ2) is 12.8. The zero-order valence-corrected chi connectivity index (χ0v) is 20.3. The first kappa shape index (κ1) is 24.5. The van der Waals surface area contributed by atoms with Crippen molar-refractivity contribution in [1.82, 2.24) is 0 Å². The van der Waals surface area contributed by atoms with E-state index in [1.54, 1.807) is 26.6 Å². The van der Waals surface area contributed by atoms with E-state index in [2.05, 4.69) is 10.2 Å². The third-order valence-electron chi connectivity index (χ3n) is 5.33. The van der Waals surface area contributed by atoms with Crippen LogP contribution in [-0.4, -0.2) is 26.6 Å². The van der Waals surface area contributed by atoms with E-state index in [0.29, 0.717) is 36.2 Å². The molecule has 4 rings (SSSR count). The van der Waals surface area contributed by atoms with Crippen molar-refractivity contribution in [2.24, 2.45) is 10.2 Å². The molecule has 0 amide bonds. The van der Waals surface area contributed by atoms with Gasteiger partial charge in [-0.25, -0.2) is 0 Å². The molecule has 0 bridgehead atoms. The van der Waals surface area contributed by atoms with Gasteiger partial charge in [0.15, 0.2) is 23.0 Å². The predicted octanol–water partition coefficient (Wildman–Crippen LogP) is 6.31. The quantitative estimate of drug-likeness (QED) is 0.186. The Morgan fingerprint density at radius 3 is 1.33 bits per heavy atom. The lowest BCUT2D eigenvalue weighted by Gasteiger charge is -2.11. The Kier molecular flexibility index (Phi) is 8.70. The molecule has 0 saturated carbocycles. The number of methoxy groups -OCH3 is 2. The first-order valence-electron chi connectivity index (χ1n) is 11.5. The van der Waals surface area contributed by atoms with Gasteiger partial charge < -0.3 is 18.9 Å². The number of hydrogen-bond donors (Lipinski definition) is 0. The Labute approximate surface area is 211 Å². The third-order valence-corrected chi connectivity index (χ3v) is 5.33. The number of nitrogens with zero attached hydrogens (tertiary/aromatic N) is 2. The first-order chi connectivity index (χ1) is 17.7. The van der Waals surface area contributed by atoms with Crippen LogP contribution in [-0.2, 0) is 13.2 Å². The van der Waals surface area contributed by atoms with Crippen LogP contribution in [0.15, 0.2) is 107 Å². The zero-order chi connectivity index (χ0) is 25.0. The minimum atomic E-state index is 0.467. The molecule has 6 heteroatoms. The molecule has 0 atom stereocenters. The van der Waals surface area contributed by atoms with E-state index < -0.39 is 0 Å². The fourth-order valence-corrected chi connectivity index (χ4v) is 3.44. The van der Waals surface area contributed by atoms with Gasteiger partial charge in [0.25, 0.3) is 0 Å². The molecule has 0 aliphatic heterocycles. The molecule has 0 aromatic heterocycles. The molecule has 0 spiro atoms. The highest BCUT2D eigenvalue weighted by atomic mass is 16.5. The molecule has 0 heterocycles. The molecular weight excluding hydrogens is 452 g/mol. The van der Waals surface area contributed by atoms with Gasteiger partial charge in [-0.2, -0.15) is 10.2 Å². The standard InChI is InChI=1S/C30H28N2O4/c1-33-29-17-25(13-15-27(29)35-21-23-9-5-3-6-10-23)19-31-32-20-26-14-16-28(30(18-26)34-2)36-22-24-11-7-4-8-12-24/h3-20H,21-22H2,1-2H3/b31-19+,32-20?. The monoisotopic (exact) mass is 480 g/mol. The van der Waals surface area contributed by atoms with Crippen molar-refractivity contribution < 1.29 is 18.9 Å². The molecule has 4 aromatic rings. The van der Waals surface area contributed by atoms with Crippen LogP contribution >= 0.6 is 0 Å². The van der Waals surface area contributed by atoms with Crippen LogP contribution < -0.4 is 18.9 Å². The molecule has 0 radical (unpaired) electrons. The molecular formula is C30H28N2O4. The summed E-state index contributed by atoms with van der Waals surface area (Å²) in [5.41, 5.74) is 3.87. The minimum Gasteiger partial charge on any atom is -0.493 e. The van der Waals surface area contributed by atoms with E-state index >= 15 is 0 Å². The molecule has 0 saturated heterocycles. The minimum absolute atomic E-state index is 0.467. The molecule has 0 N–H and O–H groups in total. The Bertz CT molecular complexity index is 1200. The van der Waals surface area contributed by atoms with Gasteiger partial charge in [0.2, 0.25) is 0 Å². The highest BCUT2D eigenvalue weighted by Gasteiger charge is 2.07. The van der Waals surface area contributed by atoms with Crippen molar-refractivity contribution in [2.45, 2.75) is 13.2 Å².